The van der Waals surface area contributed by atoms with Crippen molar-refractivity contribution >= 4 is 35.1 Å². The maximum atomic E-state index is 11.9. The SMILES string of the molecule is COC(=O)C(O)=CC(=O)N(Cc1ccc(Cl)c(Cl)c1)OC. The Morgan fingerprint density at radius 2 is 1.95 bits per heavy atom. The van der Waals surface area contributed by atoms with Crippen LogP contribution < -0.4 is 0 Å². The molecule has 0 aliphatic rings. The molecule has 0 bridgehead atoms. The number of hydrogen-bond acceptors (Lipinski definition) is 5. The van der Waals surface area contributed by atoms with Crippen molar-refractivity contribution in [2.24, 2.45) is 0 Å². The van der Waals surface area contributed by atoms with E-state index in [1.54, 1.807) is 18.2 Å². The van der Waals surface area contributed by atoms with Crippen LogP contribution in [0.3, 0.4) is 0 Å². The number of amides is 1. The Morgan fingerprint density at radius 3 is 2.48 bits per heavy atom. The maximum Gasteiger partial charge on any atom is 0.373 e. The molecule has 0 aliphatic heterocycles. The molecule has 0 heterocycles. The Bertz CT molecular complexity index is 574. The molecule has 21 heavy (non-hydrogen) atoms. The summed E-state index contributed by atoms with van der Waals surface area (Å²) >= 11 is 11.7. The number of nitrogens with zero attached hydrogens (tertiary/aromatic N) is 1. The standard InChI is InChI=1S/C13H13Cl2NO5/c1-20-13(19)11(17)6-12(18)16(21-2)7-8-3-4-9(14)10(15)5-8/h3-6,17H,7H2,1-2H3. The molecule has 0 saturated carbocycles. The van der Waals surface area contributed by atoms with Crippen LogP contribution in [0.1, 0.15) is 5.56 Å². The molecule has 0 unspecified atom stereocenters. The van der Waals surface area contributed by atoms with E-state index in [2.05, 4.69) is 4.74 Å². The number of aliphatic hydroxyl groups excluding tert-OH is 1. The highest BCUT2D eigenvalue weighted by Crippen LogP contribution is 2.23. The van der Waals surface area contributed by atoms with Crippen molar-refractivity contribution in [3.63, 3.8) is 0 Å². The summed E-state index contributed by atoms with van der Waals surface area (Å²) in [7, 11) is 2.36. The molecular weight excluding hydrogens is 321 g/mol. The van der Waals surface area contributed by atoms with Crippen LogP contribution in [0.25, 0.3) is 0 Å². The van der Waals surface area contributed by atoms with Gasteiger partial charge in [0.25, 0.3) is 5.91 Å². The highest BCUT2D eigenvalue weighted by Gasteiger charge is 2.16. The fourth-order valence-corrected chi connectivity index (χ4v) is 1.71. The van der Waals surface area contributed by atoms with Crippen LogP contribution in [-0.2, 0) is 25.7 Å². The molecule has 0 aromatic heterocycles. The average molecular weight is 334 g/mol. The molecule has 1 N–H and O–H groups in total. The van der Waals surface area contributed by atoms with Crippen molar-refractivity contribution in [1.82, 2.24) is 5.06 Å². The second kappa shape index (κ2) is 7.87. The Hall–Kier alpha value is -1.76. The first-order valence-corrected chi connectivity index (χ1v) is 6.43. The lowest BCUT2D eigenvalue weighted by atomic mass is 10.2. The van der Waals surface area contributed by atoms with Crippen molar-refractivity contribution in [1.29, 1.82) is 0 Å². The molecular formula is C13H13Cl2NO5. The van der Waals surface area contributed by atoms with Crippen molar-refractivity contribution in [2.45, 2.75) is 6.54 Å². The molecule has 1 aromatic carbocycles. The highest BCUT2D eigenvalue weighted by atomic mass is 35.5. The average Bonchev–Trinajstić information content (AvgIpc) is 2.47. The van der Waals surface area contributed by atoms with Gasteiger partial charge in [0, 0.05) is 0 Å². The zero-order valence-corrected chi connectivity index (χ0v) is 12.8. The molecule has 1 amide bonds. The summed E-state index contributed by atoms with van der Waals surface area (Å²) in [5, 5.41) is 11.0. The van der Waals surface area contributed by atoms with Gasteiger partial charge in [-0.25, -0.2) is 9.86 Å². The lowest BCUT2D eigenvalue weighted by Crippen LogP contribution is -2.28. The molecule has 1 rings (SSSR count). The van der Waals surface area contributed by atoms with Gasteiger partial charge in [0.15, 0.2) is 0 Å². The van der Waals surface area contributed by atoms with Gasteiger partial charge >= 0.3 is 5.97 Å². The van der Waals surface area contributed by atoms with E-state index < -0.39 is 17.6 Å². The van der Waals surface area contributed by atoms with Gasteiger partial charge in [0.05, 0.1) is 36.9 Å². The molecule has 0 fully saturated rings. The van der Waals surface area contributed by atoms with Gasteiger partial charge in [-0.05, 0) is 17.7 Å². The second-order valence-corrected chi connectivity index (χ2v) is 4.64. The highest BCUT2D eigenvalue weighted by molar-refractivity contribution is 6.42. The van der Waals surface area contributed by atoms with Gasteiger partial charge in [-0.2, -0.15) is 0 Å². The van der Waals surface area contributed by atoms with E-state index >= 15 is 0 Å². The smallest absolute Gasteiger partial charge is 0.373 e. The van der Waals surface area contributed by atoms with Crippen molar-refractivity contribution in [3.8, 4) is 0 Å². The molecule has 1 aromatic rings. The number of carbonyl (C=O) groups excluding carboxylic acids is 2. The van der Waals surface area contributed by atoms with Crippen LogP contribution in [0.2, 0.25) is 10.0 Å². The molecule has 0 atom stereocenters. The number of methoxy groups -OCH3 is 1. The van der Waals surface area contributed by atoms with E-state index in [1.165, 1.54) is 7.11 Å². The van der Waals surface area contributed by atoms with Crippen LogP contribution in [-0.4, -0.2) is 36.3 Å². The minimum Gasteiger partial charge on any atom is -0.502 e. The second-order valence-electron chi connectivity index (χ2n) is 3.83. The minimum absolute atomic E-state index is 0.0528. The van der Waals surface area contributed by atoms with Crippen molar-refractivity contribution in [2.75, 3.05) is 14.2 Å². The monoisotopic (exact) mass is 333 g/mol. The Morgan fingerprint density at radius 1 is 1.29 bits per heavy atom. The van der Waals surface area contributed by atoms with Gasteiger partial charge in [-0.3, -0.25) is 9.63 Å². The third-order valence-corrected chi connectivity index (χ3v) is 3.17. The van der Waals surface area contributed by atoms with Gasteiger partial charge in [0.1, 0.15) is 0 Å². The Kier molecular flexibility index (Phi) is 6.48. The van der Waals surface area contributed by atoms with Crippen LogP contribution in [0, 0.1) is 0 Å². The summed E-state index contributed by atoms with van der Waals surface area (Å²) in [6, 6.07) is 4.82. The first kappa shape index (κ1) is 17.3. The van der Waals surface area contributed by atoms with Gasteiger partial charge in [-0.15, -0.1) is 0 Å². The van der Waals surface area contributed by atoms with Crippen LogP contribution in [0.4, 0.5) is 0 Å². The summed E-state index contributed by atoms with van der Waals surface area (Å²) in [6.45, 7) is 0.0528. The lowest BCUT2D eigenvalue weighted by Gasteiger charge is -2.18. The third kappa shape index (κ3) is 4.93. The number of ether oxygens (including phenoxy) is 1. The summed E-state index contributed by atoms with van der Waals surface area (Å²) < 4.78 is 4.27. The number of esters is 1. The van der Waals surface area contributed by atoms with Crippen LogP contribution >= 0.6 is 23.2 Å². The summed E-state index contributed by atoms with van der Waals surface area (Å²) in [5.41, 5.74) is 0.658. The molecule has 0 spiro atoms. The molecule has 0 aliphatic carbocycles. The summed E-state index contributed by atoms with van der Waals surface area (Å²) in [4.78, 5) is 27.8. The lowest BCUT2D eigenvalue weighted by molar-refractivity contribution is -0.173. The number of carbonyl (C=O) groups is 2. The quantitative estimate of drug-likeness (QED) is 0.387. The van der Waals surface area contributed by atoms with Crippen LogP contribution in [0.5, 0.6) is 0 Å². The van der Waals surface area contributed by atoms with Gasteiger partial charge < -0.3 is 9.84 Å². The van der Waals surface area contributed by atoms with Crippen molar-refractivity contribution in [3.05, 3.63) is 45.6 Å². The van der Waals surface area contributed by atoms with Gasteiger partial charge in [-0.1, -0.05) is 29.3 Å². The first-order chi connectivity index (χ1) is 9.88. The van der Waals surface area contributed by atoms with E-state index in [4.69, 9.17) is 28.0 Å². The Labute approximate surface area is 131 Å². The fraction of sp³-hybridized carbons (Fsp3) is 0.231. The summed E-state index contributed by atoms with van der Waals surface area (Å²) in [6.07, 6.45) is 0.701. The maximum absolute atomic E-state index is 11.9. The largest absolute Gasteiger partial charge is 0.502 e. The predicted molar refractivity (Wildman–Crippen MR) is 76.7 cm³/mol. The minimum atomic E-state index is -1.02. The normalized spacial score (nSPS) is 11.1. The fourth-order valence-electron chi connectivity index (χ4n) is 1.39. The zero-order chi connectivity index (χ0) is 16.0. The first-order valence-electron chi connectivity index (χ1n) is 5.67. The molecule has 0 radical (unpaired) electrons. The number of rotatable bonds is 5. The number of halogens is 2. The van der Waals surface area contributed by atoms with E-state index in [-0.39, 0.29) is 6.54 Å². The number of hydroxylamine groups is 2. The van der Waals surface area contributed by atoms with Crippen LogP contribution in [0.15, 0.2) is 30.0 Å². The molecule has 0 saturated heterocycles. The molecule has 6 nitrogen and oxygen atoms in total. The predicted octanol–water partition coefficient (Wildman–Crippen LogP) is 2.50. The van der Waals surface area contributed by atoms with E-state index in [0.717, 1.165) is 12.2 Å². The zero-order valence-electron chi connectivity index (χ0n) is 11.3. The third-order valence-electron chi connectivity index (χ3n) is 2.43. The molecule has 8 heteroatoms. The van der Waals surface area contributed by atoms with E-state index in [1.807, 2.05) is 0 Å². The van der Waals surface area contributed by atoms with E-state index in [0.29, 0.717) is 21.7 Å². The molecule has 114 valence electrons. The topological polar surface area (TPSA) is 76.1 Å². The van der Waals surface area contributed by atoms with Gasteiger partial charge in [0.2, 0.25) is 5.76 Å². The Balaban J connectivity index is 2.85. The number of hydrogen-bond donors (Lipinski definition) is 1. The number of aliphatic hydroxyl groups is 1. The van der Waals surface area contributed by atoms with Crippen molar-refractivity contribution < 1.29 is 24.3 Å². The number of benzene rings is 1. The summed E-state index contributed by atoms with van der Waals surface area (Å²) in [5.74, 6) is -2.57. The van der Waals surface area contributed by atoms with E-state index in [9.17, 15) is 14.7 Å².